The van der Waals surface area contributed by atoms with Gasteiger partial charge in [0.15, 0.2) is 0 Å². The average molecular weight is 222 g/mol. The molecule has 0 bridgehead atoms. The van der Waals surface area contributed by atoms with E-state index in [2.05, 4.69) is 0 Å². The van der Waals surface area contributed by atoms with Gasteiger partial charge in [-0.1, -0.05) is 31.7 Å². The van der Waals surface area contributed by atoms with E-state index in [0.29, 0.717) is 17.2 Å². The zero-order valence-corrected chi connectivity index (χ0v) is 9.39. The maximum atomic E-state index is 11.7. The first kappa shape index (κ1) is 10.6. The smallest absolute Gasteiger partial charge is 0.238 e. The molecule has 1 heterocycles. The lowest BCUT2D eigenvalue weighted by Gasteiger charge is -2.05. The van der Waals surface area contributed by atoms with Crippen molar-refractivity contribution in [3.63, 3.8) is 0 Å². The van der Waals surface area contributed by atoms with Crippen LogP contribution >= 0.6 is 11.3 Å². The first-order valence-electron chi connectivity index (χ1n) is 5.38. The van der Waals surface area contributed by atoms with Crippen LogP contribution in [0.4, 0.5) is 0 Å². The molecule has 0 radical (unpaired) electrons. The first-order valence-corrected chi connectivity index (χ1v) is 6.26. The Labute approximate surface area is 93.3 Å². The van der Waals surface area contributed by atoms with Gasteiger partial charge in [0.05, 0.1) is 4.88 Å². The van der Waals surface area contributed by atoms with Gasteiger partial charge >= 0.3 is 0 Å². The van der Waals surface area contributed by atoms with E-state index in [-0.39, 0.29) is 11.6 Å². The van der Waals surface area contributed by atoms with Crippen molar-refractivity contribution in [3.8, 4) is 0 Å². The molecule has 2 nitrogen and oxygen atoms in total. The lowest BCUT2D eigenvalue weighted by molar-refractivity contribution is -0.115. The third-order valence-corrected chi connectivity index (χ3v) is 3.82. The summed E-state index contributed by atoms with van der Waals surface area (Å²) in [6.45, 7) is 0. The molecule has 1 aliphatic rings. The summed E-state index contributed by atoms with van der Waals surface area (Å²) >= 11 is 1.35. The highest BCUT2D eigenvalue weighted by Crippen LogP contribution is 2.28. The topological polar surface area (TPSA) is 34.1 Å². The fourth-order valence-electron chi connectivity index (χ4n) is 2.11. The van der Waals surface area contributed by atoms with Crippen molar-refractivity contribution in [1.82, 2.24) is 0 Å². The predicted octanol–water partition coefficient (Wildman–Crippen LogP) is 3.08. The molecule has 3 heteroatoms. The highest BCUT2D eigenvalue weighted by atomic mass is 32.1. The summed E-state index contributed by atoms with van der Waals surface area (Å²) in [4.78, 5) is 23.9. The third kappa shape index (κ3) is 2.53. The number of carbonyl (C=O) groups is 2. The summed E-state index contributed by atoms with van der Waals surface area (Å²) in [6.07, 6.45) is 5.11. The molecule has 1 fully saturated rings. The summed E-state index contributed by atoms with van der Waals surface area (Å²) in [5.74, 6) is -0.0392. The van der Waals surface area contributed by atoms with E-state index >= 15 is 0 Å². The second-order valence-electron chi connectivity index (χ2n) is 4.08. The molecule has 15 heavy (non-hydrogen) atoms. The Morgan fingerprint density at radius 1 is 1.33 bits per heavy atom. The quantitative estimate of drug-likeness (QED) is 0.579. The van der Waals surface area contributed by atoms with Gasteiger partial charge in [0.25, 0.3) is 0 Å². The van der Waals surface area contributed by atoms with Crippen molar-refractivity contribution >= 4 is 22.9 Å². The molecule has 1 aromatic heterocycles. The number of rotatable bonds is 4. The van der Waals surface area contributed by atoms with E-state index in [1.165, 1.54) is 24.2 Å². The summed E-state index contributed by atoms with van der Waals surface area (Å²) < 4.78 is 0. The molecule has 0 spiro atoms. The van der Waals surface area contributed by atoms with Gasteiger partial charge in [0, 0.05) is 6.42 Å². The number of hydrogen-bond donors (Lipinski definition) is 0. The minimum absolute atomic E-state index is 0.204. The van der Waals surface area contributed by atoms with Crippen LogP contribution in [0.15, 0.2) is 17.5 Å². The Kier molecular flexibility index (Phi) is 3.31. The fraction of sp³-hybridized carbons (Fsp3) is 0.500. The van der Waals surface area contributed by atoms with Crippen molar-refractivity contribution < 1.29 is 9.59 Å². The zero-order valence-electron chi connectivity index (χ0n) is 8.57. The van der Waals surface area contributed by atoms with Crippen LogP contribution in [0.25, 0.3) is 0 Å². The highest BCUT2D eigenvalue weighted by Gasteiger charge is 2.23. The van der Waals surface area contributed by atoms with Crippen LogP contribution in [0, 0.1) is 5.92 Å². The zero-order chi connectivity index (χ0) is 10.7. The molecule has 0 amide bonds. The molecule has 2 rings (SSSR count). The fourth-order valence-corrected chi connectivity index (χ4v) is 2.80. The van der Waals surface area contributed by atoms with Crippen molar-refractivity contribution in [3.05, 3.63) is 22.4 Å². The second-order valence-corrected chi connectivity index (χ2v) is 5.03. The van der Waals surface area contributed by atoms with Crippen LogP contribution in [0.5, 0.6) is 0 Å². The lowest BCUT2D eigenvalue weighted by atomic mass is 9.99. The molecule has 0 saturated heterocycles. The molecule has 1 aromatic rings. The van der Waals surface area contributed by atoms with Gasteiger partial charge in [-0.25, -0.2) is 0 Å². The third-order valence-electron chi connectivity index (χ3n) is 2.95. The number of Topliss-reactive ketones (excluding diaryl/α,β-unsaturated/α-hetero) is 2. The van der Waals surface area contributed by atoms with E-state index in [9.17, 15) is 9.59 Å². The van der Waals surface area contributed by atoms with Crippen molar-refractivity contribution in [2.75, 3.05) is 0 Å². The minimum atomic E-state index is -0.295. The number of carbonyl (C=O) groups excluding carboxylic acids is 2. The van der Waals surface area contributed by atoms with Gasteiger partial charge in [-0.15, -0.1) is 11.3 Å². The van der Waals surface area contributed by atoms with E-state index in [1.807, 2.05) is 5.38 Å². The first-order chi connectivity index (χ1) is 7.27. The Hall–Kier alpha value is -0.960. The average Bonchev–Trinajstić information content (AvgIpc) is 2.88. The summed E-state index contributed by atoms with van der Waals surface area (Å²) in [5.41, 5.74) is 0. The Morgan fingerprint density at radius 2 is 2.07 bits per heavy atom. The van der Waals surface area contributed by atoms with Crippen LogP contribution in [-0.2, 0) is 4.79 Å². The van der Waals surface area contributed by atoms with Gasteiger partial charge in [0.2, 0.25) is 11.6 Å². The molecule has 80 valence electrons. The molecule has 0 N–H and O–H groups in total. The van der Waals surface area contributed by atoms with Crippen molar-refractivity contribution in [1.29, 1.82) is 0 Å². The second kappa shape index (κ2) is 4.71. The van der Waals surface area contributed by atoms with Crippen LogP contribution in [0.1, 0.15) is 41.8 Å². The lowest BCUT2D eigenvalue weighted by Crippen LogP contribution is -2.15. The summed E-state index contributed by atoms with van der Waals surface area (Å²) in [5, 5.41) is 1.83. The molecule has 0 atom stereocenters. The van der Waals surface area contributed by atoms with E-state index < -0.39 is 0 Å². The van der Waals surface area contributed by atoms with Gasteiger partial charge in [0.1, 0.15) is 0 Å². The van der Waals surface area contributed by atoms with E-state index in [4.69, 9.17) is 0 Å². The monoisotopic (exact) mass is 222 g/mol. The Bertz CT molecular complexity index is 348. The molecular weight excluding hydrogens is 208 g/mol. The number of thiophene rings is 1. The van der Waals surface area contributed by atoms with Crippen LogP contribution in [0.2, 0.25) is 0 Å². The van der Waals surface area contributed by atoms with Gasteiger partial charge in [-0.2, -0.15) is 0 Å². The predicted molar refractivity (Wildman–Crippen MR) is 60.2 cm³/mol. The normalized spacial score (nSPS) is 16.8. The van der Waals surface area contributed by atoms with Crippen LogP contribution < -0.4 is 0 Å². The van der Waals surface area contributed by atoms with Crippen molar-refractivity contribution in [2.45, 2.75) is 32.1 Å². The molecule has 0 aliphatic heterocycles. The summed E-state index contributed by atoms with van der Waals surface area (Å²) in [7, 11) is 0. The SMILES string of the molecule is O=C(CC1CCCC1)C(=O)c1cccs1. The maximum absolute atomic E-state index is 11.7. The van der Waals surface area contributed by atoms with Gasteiger partial charge in [-0.3, -0.25) is 9.59 Å². The number of hydrogen-bond acceptors (Lipinski definition) is 3. The molecule has 0 aromatic carbocycles. The Balaban J connectivity index is 1.93. The maximum Gasteiger partial charge on any atom is 0.238 e. The molecule has 0 unspecified atom stereocenters. The van der Waals surface area contributed by atoms with Gasteiger partial charge in [-0.05, 0) is 17.4 Å². The standard InChI is InChI=1S/C12H14O2S/c13-10(8-9-4-1-2-5-9)12(14)11-6-3-7-15-11/h3,6-7,9H,1-2,4-5,8H2. The molecular formula is C12H14O2S. The largest absolute Gasteiger partial charge is 0.290 e. The minimum Gasteiger partial charge on any atom is -0.290 e. The van der Waals surface area contributed by atoms with E-state index in [1.54, 1.807) is 12.1 Å². The van der Waals surface area contributed by atoms with Crippen molar-refractivity contribution in [2.24, 2.45) is 5.92 Å². The molecule has 1 aliphatic carbocycles. The van der Waals surface area contributed by atoms with Crippen LogP contribution in [-0.4, -0.2) is 11.6 Å². The van der Waals surface area contributed by atoms with E-state index in [0.717, 1.165) is 12.8 Å². The summed E-state index contributed by atoms with van der Waals surface area (Å²) in [6, 6.07) is 3.53. The Morgan fingerprint density at radius 3 is 2.67 bits per heavy atom. The highest BCUT2D eigenvalue weighted by molar-refractivity contribution is 7.13. The van der Waals surface area contributed by atoms with Gasteiger partial charge < -0.3 is 0 Å². The van der Waals surface area contributed by atoms with Crippen LogP contribution in [0.3, 0.4) is 0 Å². The number of ketones is 2. The molecule has 1 saturated carbocycles.